The van der Waals surface area contributed by atoms with Crippen LogP contribution in [0.3, 0.4) is 0 Å². The van der Waals surface area contributed by atoms with Gasteiger partial charge in [-0.05, 0) is 18.5 Å². The first-order valence-electron chi connectivity index (χ1n) is 4.54. The van der Waals surface area contributed by atoms with Crippen molar-refractivity contribution in [2.75, 3.05) is 13.1 Å². The molecular formula is C8H11N3O3S. The minimum absolute atomic E-state index is 0.164. The fourth-order valence-electron chi connectivity index (χ4n) is 1.51. The van der Waals surface area contributed by atoms with Crippen LogP contribution in [0.15, 0.2) is 0 Å². The van der Waals surface area contributed by atoms with Gasteiger partial charge in [-0.15, -0.1) is 5.10 Å². The molecule has 6 nitrogen and oxygen atoms in total. The molecule has 1 aliphatic rings. The van der Waals surface area contributed by atoms with Crippen LogP contribution in [0, 0.1) is 6.92 Å². The maximum Gasteiger partial charge on any atom is 0.267 e. The van der Waals surface area contributed by atoms with Crippen LogP contribution in [-0.2, 0) is 0 Å². The van der Waals surface area contributed by atoms with Crippen molar-refractivity contribution in [1.29, 1.82) is 0 Å². The molecule has 1 amide bonds. The second-order valence-electron chi connectivity index (χ2n) is 3.53. The normalized spacial score (nSPS) is 25.9. The van der Waals surface area contributed by atoms with Crippen molar-refractivity contribution in [2.45, 2.75) is 19.1 Å². The molecule has 0 bridgehead atoms. The molecule has 2 rings (SSSR count). The highest BCUT2D eigenvalue weighted by molar-refractivity contribution is 7.07. The summed E-state index contributed by atoms with van der Waals surface area (Å²) in [5.74, 6) is -0.224. The number of β-amino-alcohol motifs (C(OH)–C–C–N with tert-alkyl or cyclic N) is 2. The number of amides is 1. The molecule has 1 aromatic heterocycles. The monoisotopic (exact) mass is 229 g/mol. The van der Waals surface area contributed by atoms with Crippen LogP contribution in [0.2, 0.25) is 0 Å². The summed E-state index contributed by atoms with van der Waals surface area (Å²) >= 11 is 1.03. The molecule has 2 atom stereocenters. The number of hydrogen-bond acceptors (Lipinski definition) is 6. The van der Waals surface area contributed by atoms with Crippen molar-refractivity contribution >= 4 is 17.4 Å². The molecule has 2 heterocycles. The summed E-state index contributed by atoms with van der Waals surface area (Å²) in [6, 6.07) is 0. The van der Waals surface area contributed by atoms with Gasteiger partial charge in [0.1, 0.15) is 4.88 Å². The highest BCUT2D eigenvalue weighted by Crippen LogP contribution is 2.17. The molecule has 1 saturated heterocycles. The standard InChI is InChI=1S/C8H11N3O3S/c1-4-7(15-10-9-4)8(14)11-2-5(12)6(13)3-11/h5-6,12-13H,2-3H2,1H3. The van der Waals surface area contributed by atoms with Crippen LogP contribution >= 0.6 is 11.5 Å². The van der Waals surface area contributed by atoms with Gasteiger partial charge in [-0.1, -0.05) is 4.49 Å². The Labute approximate surface area is 90.3 Å². The molecule has 7 heteroatoms. The molecule has 0 aromatic carbocycles. The van der Waals surface area contributed by atoms with Gasteiger partial charge in [0.05, 0.1) is 17.9 Å². The average Bonchev–Trinajstić information content (AvgIpc) is 2.74. The molecule has 0 saturated carbocycles. The molecule has 1 aliphatic heterocycles. The SMILES string of the molecule is Cc1nnsc1C(=O)N1CC(O)C(O)C1. The Morgan fingerprint density at radius 2 is 2.07 bits per heavy atom. The van der Waals surface area contributed by atoms with Crippen molar-refractivity contribution in [1.82, 2.24) is 14.5 Å². The van der Waals surface area contributed by atoms with Gasteiger partial charge in [-0.3, -0.25) is 4.79 Å². The van der Waals surface area contributed by atoms with E-state index in [1.54, 1.807) is 6.92 Å². The average molecular weight is 229 g/mol. The van der Waals surface area contributed by atoms with Gasteiger partial charge in [0.2, 0.25) is 0 Å². The Hall–Kier alpha value is -1.05. The van der Waals surface area contributed by atoms with Crippen LogP contribution in [0.25, 0.3) is 0 Å². The number of nitrogens with zero attached hydrogens (tertiary/aromatic N) is 3. The van der Waals surface area contributed by atoms with Crippen molar-refractivity contribution < 1.29 is 15.0 Å². The predicted molar refractivity (Wildman–Crippen MR) is 52.6 cm³/mol. The molecule has 0 spiro atoms. The molecule has 0 aliphatic carbocycles. The number of aromatic nitrogens is 2. The topological polar surface area (TPSA) is 86.6 Å². The van der Waals surface area contributed by atoms with Gasteiger partial charge in [0.15, 0.2) is 0 Å². The van der Waals surface area contributed by atoms with Crippen LogP contribution in [0.5, 0.6) is 0 Å². The molecule has 0 radical (unpaired) electrons. The van der Waals surface area contributed by atoms with E-state index in [0.29, 0.717) is 10.6 Å². The fourth-order valence-corrected chi connectivity index (χ4v) is 2.13. The van der Waals surface area contributed by atoms with E-state index in [1.165, 1.54) is 4.90 Å². The maximum absolute atomic E-state index is 11.9. The quantitative estimate of drug-likeness (QED) is 0.646. The molecule has 82 valence electrons. The van der Waals surface area contributed by atoms with Crippen LogP contribution in [-0.4, -0.2) is 55.9 Å². The van der Waals surface area contributed by atoms with Gasteiger partial charge >= 0.3 is 0 Å². The van der Waals surface area contributed by atoms with E-state index in [4.69, 9.17) is 0 Å². The number of aliphatic hydroxyl groups excluding tert-OH is 2. The summed E-state index contributed by atoms with van der Waals surface area (Å²) in [6.07, 6.45) is -1.70. The third-order valence-corrected chi connectivity index (χ3v) is 3.21. The maximum atomic E-state index is 11.9. The van der Waals surface area contributed by atoms with Crippen molar-refractivity contribution in [3.05, 3.63) is 10.6 Å². The summed E-state index contributed by atoms with van der Waals surface area (Å²) in [4.78, 5) is 13.7. The zero-order valence-electron chi connectivity index (χ0n) is 8.12. The Bertz CT molecular complexity index is 371. The first-order chi connectivity index (χ1) is 7.09. The third-order valence-electron chi connectivity index (χ3n) is 2.39. The second kappa shape index (κ2) is 3.84. The zero-order chi connectivity index (χ0) is 11.0. The Kier molecular flexibility index (Phi) is 2.68. The van der Waals surface area contributed by atoms with E-state index in [1.807, 2.05) is 0 Å². The highest BCUT2D eigenvalue weighted by Gasteiger charge is 2.34. The van der Waals surface area contributed by atoms with E-state index in [2.05, 4.69) is 9.59 Å². The zero-order valence-corrected chi connectivity index (χ0v) is 8.94. The lowest BCUT2D eigenvalue weighted by Gasteiger charge is -2.13. The number of aliphatic hydroxyl groups is 2. The highest BCUT2D eigenvalue weighted by atomic mass is 32.1. The van der Waals surface area contributed by atoms with Gasteiger partial charge < -0.3 is 15.1 Å². The number of rotatable bonds is 1. The summed E-state index contributed by atoms with van der Waals surface area (Å²) in [5.41, 5.74) is 0.584. The third kappa shape index (κ3) is 1.85. The first kappa shape index (κ1) is 10.5. The van der Waals surface area contributed by atoms with Crippen molar-refractivity contribution in [3.8, 4) is 0 Å². The molecule has 1 aromatic rings. The van der Waals surface area contributed by atoms with E-state index < -0.39 is 12.2 Å². The smallest absolute Gasteiger partial charge is 0.267 e. The first-order valence-corrected chi connectivity index (χ1v) is 5.31. The van der Waals surface area contributed by atoms with Gasteiger partial charge in [-0.2, -0.15) is 0 Å². The number of aryl methyl sites for hydroxylation is 1. The summed E-state index contributed by atoms with van der Waals surface area (Å²) < 4.78 is 3.67. The lowest BCUT2D eigenvalue weighted by molar-refractivity contribution is 0.0572. The summed E-state index contributed by atoms with van der Waals surface area (Å²) in [6.45, 7) is 2.04. The predicted octanol–water partition coefficient (Wildman–Crippen LogP) is -0.976. The number of hydrogen-bond donors (Lipinski definition) is 2. The largest absolute Gasteiger partial charge is 0.388 e. The second-order valence-corrected chi connectivity index (χ2v) is 4.29. The van der Waals surface area contributed by atoms with E-state index >= 15 is 0 Å². The number of likely N-dealkylation sites (tertiary alicyclic amines) is 1. The Morgan fingerprint density at radius 3 is 2.53 bits per heavy atom. The Morgan fingerprint density at radius 1 is 1.47 bits per heavy atom. The van der Waals surface area contributed by atoms with Crippen LogP contribution < -0.4 is 0 Å². The molecule has 2 unspecified atom stereocenters. The van der Waals surface area contributed by atoms with Gasteiger partial charge in [-0.25, -0.2) is 0 Å². The van der Waals surface area contributed by atoms with Crippen LogP contribution in [0.1, 0.15) is 15.4 Å². The Balaban J connectivity index is 2.13. The van der Waals surface area contributed by atoms with Crippen molar-refractivity contribution in [2.24, 2.45) is 0 Å². The van der Waals surface area contributed by atoms with Crippen LogP contribution in [0.4, 0.5) is 0 Å². The summed E-state index contributed by atoms with van der Waals surface area (Å²) in [7, 11) is 0. The fraction of sp³-hybridized carbons (Fsp3) is 0.625. The summed E-state index contributed by atoms with van der Waals surface area (Å²) in [5, 5.41) is 22.4. The molecule has 1 fully saturated rings. The lowest BCUT2D eigenvalue weighted by Crippen LogP contribution is -2.29. The minimum Gasteiger partial charge on any atom is -0.388 e. The molecular weight excluding hydrogens is 218 g/mol. The van der Waals surface area contributed by atoms with E-state index in [0.717, 1.165) is 11.5 Å². The minimum atomic E-state index is -0.852. The van der Waals surface area contributed by atoms with E-state index in [-0.39, 0.29) is 19.0 Å². The number of carbonyl (C=O) groups excluding carboxylic acids is 1. The number of carbonyl (C=O) groups is 1. The van der Waals surface area contributed by atoms with Gasteiger partial charge in [0, 0.05) is 13.1 Å². The van der Waals surface area contributed by atoms with E-state index in [9.17, 15) is 15.0 Å². The van der Waals surface area contributed by atoms with Gasteiger partial charge in [0.25, 0.3) is 5.91 Å². The molecule has 2 N–H and O–H groups in total. The van der Waals surface area contributed by atoms with Crippen molar-refractivity contribution in [3.63, 3.8) is 0 Å². The lowest BCUT2D eigenvalue weighted by atomic mass is 10.3. The molecule has 15 heavy (non-hydrogen) atoms.